The molecule has 0 saturated heterocycles. The van der Waals surface area contributed by atoms with Gasteiger partial charge in [-0.15, -0.1) is 0 Å². The number of benzene rings is 2. The molecule has 0 radical (unpaired) electrons. The van der Waals surface area contributed by atoms with Crippen LogP contribution in [0.2, 0.25) is 10.0 Å². The first-order chi connectivity index (χ1) is 11.8. The van der Waals surface area contributed by atoms with Crippen molar-refractivity contribution in [3.05, 3.63) is 68.7 Å². The number of halogens is 2. The summed E-state index contributed by atoms with van der Waals surface area (Å²) in [6, 6.07) is 9.05. The second-order valence-electron chi connectivity index (χ2n) is 6.19. The lowest BCUT2D eigenvalue weighted by Gasteiger charge is -2.13. The fraction of sp³-hybridized carbons (Fsp3) is 0.250. The van der Waals surface area contributed by atoms with Gasteiger partial charge in [-0.2, -0.15) is 0 Å². The maximum absolute atomic E-state index is 10.6. The minimum Gasteiger partial charge on any atom is -0.508 e. The van der Waals surface area contributed by atoms with Crippen molar-refractivity contribution >= 4 is 35.2 Å². The molecule has 5 heteroatoms. The van der Waals surface area contributed by atoms with Gasteiger partial charge in [-0.1, -0.05) is 61.3 Å². The van der Waals surface area contributed by atoms with Gasteiger partial charge in [0.25, 0.3) is 0 Å². The molecule has 2 aromatic rings. The molecule has 0 aliphatic rings. The molecule has 0 spiro atoms. The van der Waals surface area contributed by atoms with Gasteiger partial charge in [-0.3, -0.25) is 4.79 Å². The molecule has 0 bridgehead atoms. The number of carboxylic acids is 1. The van der Waals surface area contributed by atoms with Gasteiger partial charge in [0, 0.05) is 16.5 Å². The number of phenols is 1. The van der Waals surface area contributed by atoms with E-state index in [4.69, 9.17) is 28.3 Å². The van der Waals surface area contributed by atoms with Crippen molar-refractivity contribution < 1.29 is 15.0 Å². The summed E-state index contributed by atoms with van der Waals surface area (Å²) >= 11 is 12.8. The highest BCUT2D eigenvalue weighted by atomic mass is 35.5. The van der Waals surface area contributed by atoms with E-state index in [-0.39, 0.29) is 18.1 Å². The Bertz CT molecular complexity index is 788. The quantitative estimate of drug-likeness (QED) is 0.657. The van der Waals surface area contributed by atoms with Crippen LogP contribution in [0.4, 0.5) is 0 Å². The highest BCUT2D eigenvalue weighted by molar-refractivity contribution is 6.36. The molecule has 2 aromatic carbocycles. The third kappa shape index (κ3) is 5.25. The van der Waals surface area contributed by atoms with E-state index in [0.29, 0.717) is 16.5 Å². The van der Waals surface area contributed by atoms with Gasteiger partial charge in [-0.25, -0.2) is 0 Å². The van der Waals surface area contributed by atoms with Crippen LogP contribution in [0, 0.1) is 0 Å². The topological polar surface area (TPSA) is 57.5 Å². The summed E-state index contributed by atoms with van der Waals surface area (Å²) in [5.74, 6) is -0.388. The van der Waals surface area contributed by atoms with Crippen molar-refractivity contribution in [2.75, 3.05) is 0 Å². The van der Waals surface area contributed by atoms with E-state index in [0.717, 1.165) is 22.3 Å². The van der Waals surface area contributed by atoms with E-state index in [1.54, 1.807) is 30.4 Å². The zero-order chi connectivity index (χ0) is 18.6. The number of carbonyl (C=O) groups is 1. The summed E-state index contributed by atoms with van der Waals surface area (Å²) in [7, 11) is 0. The Kier molecular flexibility index (Phi) is 6.51. The third-order valence-electron chi connectivity index (χ3n) is 3.86. The summed E-state index contributed by atoms with van der Waals surface area (Å²) in [6.07, 6.45) is 3.74. The van der Waals surface area contributed by atoms with Crippen molar-refractivity contribution in [1.29, 1.82) is 0 Å². The molecule has 132 valence electrons. The molecular weight excluding hydrogens is 359 g/mol. The summed E-state index contributed by atoms with van der Waals surface area (Å²) in [5, 5.41) is 19.7. The number of aromatic hydroxyl groups is 1. The Morgan fingerprint density at radius 3 is 2.36 bits per heavy atom. The molecule has 0 amide bonds. The molecule has 0 aliphatic heterocycles. The van der Waals surface area contributed by atoms with Crippen molar-refractivity contribution in [2.24, 2.45) is 0 Å². The Labute approximate surface area is 157 Å². The molecule has 0 saturated carbocycles. The van der Waals surface area contributed by atoms with Crippen LogP contribution in [0.25, 0.3) is 6.08 Å². The number of rotatable bonds is 6. The lowest BCUT2D eigenvalue weighted by Crippen LogP contribution is -1.95. The second kappa shape index (κ2) is 8.41. The Balaban J connectivity index is 2.27. The van der Waals surface area contributed by atoms with Crippen molar-refractivity contribution in [2.45, 2.75) is 32.6 Å². The van der Waals surface area contributed by atoms with E-state index >= 15 is 0 Å². The Hall–Kier alpha value is -1.97. The largest absolute Gasteiger partial charge is 0.508 e. The molecule has 25 heavy (non-hydrogen) atoms. The molecule has 0 aromatic heterocycles. The number of carboxylic acid groups (broad SMARTS) is 1. The first-order valence-corrected chi connectivity index (χ1v) is 8.71. The van der Waals surface area contributed by atoms with E-state index in [1.807, 2.05) is 26.0 Å². The van der Waals surface area contributed by atoms with E-state index in [9.17, 15) is 9.90 Å². The van der Waals surface area contributed by atoms with E-state index in [1.165, 1.54) is 0 Å². The normalized spacial score (nSPS) is 11.4. The molecule has 0 atom stereocenters. The molecule has 0 heterocycles. The number of aliphatic carboxylic acids is 1. The zero-order valence-corrected chi connectivity index (χ0v) is 15.6. The van der Waals surface area contributed by atoms with Gasteiger partial charge >= 0.3 is 5.97 Å². The SMILES string of the molecule is CC(C)c1cc(Cc2c(Cl)cc(/C=C/CC(=O)O)cc2Cl)ccc1O. The van der Waals surface area contributed by atoms with Gasteiger partial charge in [-0.05, 0) is 46.4 Å². The lowest BCUT2D eigenvalue weighted by atomic mass is 9.96. The minimum atomic E-state index is -0.890. The zero-order valence-electron chi connectivity index (χ0n) is 14.1. The first kappa shape index (κ1) is 19.4. The van der Waals surface area contributed by atoms with Gasteiger partial charge in [0.05, 0.1) is 6.42 Å². The van der Waals surface area contributed by atoms with Gasteiger partial charge < -0.3 is 10.2 Å². The van der Waals surface area contributed by atoms with Crippen LogP contribution in [0.5, 0.6) is 5.75 Å². The maximum atomic E-state index is 10.6. The summed E-state index contributed by atoms with van der Waals surface area (Å²) in [6.45, 7) is 4.05. The molecule has 0 fully saturated rings. The van der Waals surface area contributed by atoms with Gasteiger partial charge in [0.15, 0.2) is 0 Å². The monoisotopic (exact) mass is 378 g/mol. The summed E-state index contributed by atoms with van der Waals surface area (Å²) < 4.78 is 0. The van der Waals surface area contributed by atoms with Crippen molar-refractivity contribution in [1.82, 2.24) is 0 Å². The standard InChI is InChI=1S/C20H20Cl2O3/c1-12(2)15-8-14(6-7-19(15)23)9-16-17(21)10-13(11-18(16)22)4-3-5-20(24)25/h3-4,6-8,10-12,23H,5,9H2,1-2H3,(H,24,25)/b4-3+. The summed E-state index contributed by atoms with van der Waals surface area (Å²) in [4.78, 5) is 10.6. The molecule has 3 nitrogen and oxygen atoms in total. The highest BCUT2D eigenvalue weighted by Crippen LogP contribution is 2.32. The van der Waals surface area contributed by atoms with E-state index < -0.39 is 5.97 Å². The number of hydrogen-bond acceptors (Lipinski definition) is 2. The predicted octanol–water partition coefficient (Wildman–Crippen LogP) is 5.90. The Morgan fingerprint density at radius 2 is 1.80 bits per heavy atom. The lowest BCUT2D eigenvalue weighted by molar-refractivity contribution is -0.135. The fourth-order valence-corrected chi connectivity index (χ4v) is 3.20. The third-order valence-corrected chi connectivity index (χ3v) is 4.54. The summed E-state index contributed by atoms with van der Waals surface area (Å²) in [5.41, 5.74) is 3.46. The van der Waals surface area contributed by atoms with Crippen LogP contribution in [-0.2, 0) is 11.2 Å². The molecular formula is C20H20Cl2O3. The van der Waals surface area contributed by atoms with Crippen molar-refractivity contribution in [3.8, 4) is 5.75 Å². The van der Waals surface area contributed by atoms with Crippen LogP contribution in [0.3, 0.4) is 0 Å². The average molecular weight is 379 g/mol. The number of hydrogen-bond donors (Lipinski definition) is 2. The second-order valence-corrected chi connectivity index (χ2v) is 7.00. The average Bonchev–Trinajstić information content (AvgIpc) is 2.51. The van der Waals surface area contributed by atoms with Gasteiger partial charge in [0.1, 0.15) is 5.75 Å². The molecule has 2 rings (SSSR count). The molecule has 0 aliphatic carbocycles. The highest BCUT2D eigenvalue weighted by Gasteiger charge is 2.12. The van der Waals surface area contributed by atoms with Gasteiger partial charge in [0.2, 0.25) is 0 Å². The minimum absolute atomic E-state index is 0.0531. The van der Waals surface area contributed by atoms with Crippen LogP contribution in [-0.4, -0.2) is 16.2 Å². The molecule has 0 unspecified atom stereocenters. The Morgan fingerprint density at radius 1 is 1.16 bits per heavy atom. The van der Waals surface area contributed by atoms with E-state index in [2.05, 4.69) is 0 Å². The van der Waals surface area contributed by atoms with Crippen molar-refractivity contribution in [3.63, 3.8) is 0 Å². The number of phenolic OH excluding ortho intramolecular Hbond substituents is 1. The van der Waals surface area contributed by atoms with Crippen LogP contribution in [0.1, 0.15) is 48.4 Å². The van der Waals surface area contributed by atoms with Crippen LogP contribution < -0.4 is 0 Å². The van der Waals surface area contributed by atoms with Crippen LogP contribution in [0.15, 0.2) is 36.4 Å². The smallest absolute Gasteiger partial charge is 0.307 e. The first-order valence-electron chi connectivity index (χ1n) is 7.96. The predicted molar refractivity (Wildman–Crippen MR) is 103 cm³/mol. The molecule has 2 N–H and O–H groups in total. The maximum Gasteiger partial charge on any atom is 0.307 e. The fourth-order valence-electron chi connectivity index (χ4n) is 2.56. The van der Waals surface area contributed by atoms with Crippen LogP contribution >= 0.6 is 23.2 Å².